The zero-order valence-electron chi connectivity index (χ0n) is 5.09. The maximum Gasteiger partial charge on any atom is 0.241 e. The highest BCUT2D eigenvalue weighted by Gasteiger charge is 2.20. The van der Waals surface area contributed by atoms with Crippen LogP contribution in [0, 0.1) is 0 Å². The molecule has 0 atom stereocenters. The Hall–Kier alpha value is -0.240. The third-order valence-corrected chi connectivity index (χ3v) is 1.56. The minimum atomic E-state index is -1.76. The molecule has 3 heteroatoms. The van der Waals surface area contributed by atoms with Crippen LogP contribution in [0.5, 0.6) is 0 Å². The van der Waals surface area contributed by atoms with E-state index in [1.165, 1.54) is 0 Å². The smallest absolute Gasteiger partial charge is 0.241 e. The summed E-state index contributed by atoms with van der Waals surface area (Å²) in [5.41, 5.74) is 0.485. The summed E-state index contributed by atoms with van der Waals surface area (Å²) in [5.74, 6) is 0. The minimum Gasteiger partial charge on any atom is -0.359 e. The van der Waals surface area contributed by atoms with Crippen molar-refractivity contribution in [1.82, 2.24) is 0 Å². The van der Waals surface area contributed by atoms with Crippen molar-refractivity contribution in [2.24, 2.45) is 0 Å². The Bertz CT molecular complexity index is 203. The van der Waals surface area contributed by atoms with Crippen LogP contribution < -0.4 is 0 Å². The summed E-state index contributed by atoms with van der Waals surface area (Å²) < 4.78 is -1.76. The maximum absolute atomic E-state index is 9.02. The average Bonchev–Trinajstić information content (AvgIpc) is 1.88. The van der Waals surface area contributed by atoms with Gasteiger partial charge in [-0.15, -0.1) is 0 Å². The van der Waals surface area contributed by atoms with Gasteiger partial charge < -0.3 is 5.11 Å². The topological polar surface area (TPSA) is 20.2 Å². The number of rotatable bonds is 1. The number of halogens is 2. The summed E-state index contributed by atoms with van der Waals surface area (Å²) in [7, 11) is 0. The van der Waals surface area contributed by atoms with Crippen molar-refractivity contribution < 1.29 is 5.11 Å². The van der Waals surface area contributed by atoms with Crippen LogP contribution in [0.25, 0.3) is 0 Å². The van der Waals surface area contributed by atoms with Crippen molar-refractivity contribution in [3.05, 3.63) is 35.9 Å². The molecule has 0 fully saturated rings. The zero-order valence-corrected chi connectivity index (χ0v) is 6.60. The molecular weight excluding hydrogens is 171 g/mol. The van der Waals surface area contributed by atoms with Gasteiger partial charge in [-0.3, -0.25) is 0 Å². The van der Waals surface area contributed by atoms with Gasteiger partial charge in [0.05, 0.1) is 0 Å². The van der Waals surface area contributed by atoms with Crippen molar-refractivity contribution in [3.8, 4) is 0 Å². The fraction of sp³-hybridized carbons (Fsp3) is 0.143. The molecule has 1 aromatic rings. The predicted molar refractivity (Wildman–Crippen MR) is 42.0 cm³/mol. The normalized spacial score (nSPS) is 11.5. The molecule has 1 aromatic carbocycles. The molecule has 0 heterocycles. The van der Waals surface area contributed by atoms with E-state index in [-0.39, 0.29) is 0 Å². The first-order valence-corrected chi connectivity index (χ1v) is 3.52. The molecule has 0 bridgehead atoms. The first kappa shape index (κ1) is 7.86. The molecule has 0 saturated heterocycles. The second-order valence-electron chi connectivity index (χ2n) is 1.91. The number of hydrogen-bond donors (Lipinski definition) is 1. The third kappa shape index (κ3) is 1.87. The lowest BCUT2D eigenvalue weighted by Crippen LogP contribution is -2.07. The molecule has 0 amide bonds. The van der Waals surface area contributed by atoms with Crippen LogP contribution in [-0.2, 0) is 4.52 Å². The number of alkyl halides is 2. The lowest BCUT2D eigenvalue weighted by molar-refractivity contribution is 0.218. The van der Waals surface area contributed by atoms with Gasteiger partial charge in [0, 0.05) is 5.56 Å². The Morgan fingerprint density at radius 3 is 1.90 bits per heavy atom. The van der Waals surface area contributed by atoms with Crippen LogP contribution in [0.3, 0.4) is 0 Å². The number of hydrogen-bond acceptors (Lipinski definition) is 1. The molecular formula is C7H6Cl2O. The molecule has 0 spiro atoms. The molecule has 1 rings (SSSR count). The molecule has 10 heavy (non-hydrogen) atoms. The van der Waals surface area contributed by atoms with E-state index in [1.807, 2.05) is 6.07 Å². The van der Waals surface area contributed by atoms with E-state index in [2.05, 4.69) is 0 Å². The van der Waals surface area contributed by atoms with Crippen LogP contribution in [0.4, 0.5) is 0 Å². The molecule has 1 N–H and O–H groups in total. The van der Waals surface area contributed by atoms with Gasteiger partial charge in [-0.25, -0.2) is 0 Å². The molecule has 54 valence electrons. The fourth-order valence-electron chi connectivity index (χ4n) is 0.639. The van der Waals surface area contributed by atoms with Crippen LogP contribution in [0.2, 0.25) is 0 Å². The third-order valence-electron chi connectivity index (χ3n) is 1.12. The fourth-order valence-corrected chi connectivity index (χ4v) is 0.891. The standard InChI is InChI=1S/C7H6Cl2O/c8-7(9,10)6-4-2-1-3-5-6/h1-5,10H. The van der Waals surface area contributed by atoms with E-state index in [0.717, 1.165) is 0 Å². The van der Waals surface area contributed by atoms with E-state index in [0.29, 0.717) is 5.56 Å². The van der Waals surface area contributed by atoms with Crippen LogP contribution >= 0.6 is 23.2 Å². The summed E-state index contributed by atoms with van der Waals surface area (Å²) >= 11 is 10.8. The lowest BCUT2D eigenvalue weighted by Gasteiger charge is -2.10. The van der Waals surface area contributed by atoms with Gasteiger partial charge in [0.2, 0.25) is 4.52 Å². The number of aliphatic hydroxyl groups is 1. The summed E-state index contributed by atoms with van der Waals surface area (Å²) in [6, 6.07) is 8.64. The van der Waals surface area contributed by atoms with Crippen molar-refractivity contribution in [3.63, 3.8) is 0 Å². The first-order valence-electron chi connectivity index (χ1n) is 2.76. The van der Waals surface area contributed by atoms with Gasteiger partial charge >= 0.3 is 0 Å². The molecule has 0 aliphatic carbocycles. The monoisotopic (exact) mass is 176 g/mol. The van der Waals surface area contributed by atoms with Crippen molar-refractivity contribution in [2.75, 3.05) is 0 Å². The highest BCUT2D eigenvalue weighted by Crippen LogP contribution is 2.29. The van der Waals surface area contributed by atoms with E-state index >= 15 is 0 Å². The zero-order chi connectivity index (χ0) is 7.61. The Labute approximate surface area is 69.2 Å². The highest BCUT2D eigenvalue weighted by molar-refractivity contribution is 6.46. The van der Waals surface area contributed by atoms with Gasteiger partial charge in [0.1, 0.15) is 0 Å². The van der Waals surface area contributed by atoms with E-state index < -0.39 is 4.52 Å². The van der Waals surface area contributed by atoms with Gasteiger partial charge in [0.25, 0.3) is 0 Å². The predicted octanol–water partition coefficient (Wildman–Crippen LogP) is 2.27. The molecule has 1 nitrogen and oxygen atoms in total. The van der Waals surface area contributed by atoms with E-state index in [1.54, 1.807) is 24.3 Å². The van der Waals surface area contributed by atoms with Crippen LogP contribution in [-0.4, -0.2) is 5.11 Å². The van der Waals surface area contributed by atoms with Crippen LogP contribution in [0.15, 0.2) is 30.3 Å². The Morgan fingerprint density at radius 1 is 1.10 bits per heavy atom. The SMILES string of the molecule is OC(Cl)(Cl)c1ccccc1. The molecule has 0 saturated carbocycles. The quantitative estimate of drug-likeness (QED) is 0.652. The Kier molecular flexibility index (Phi) is 2.19. The van der Waals surface area contributed by atoms with Gasteiger partial charge in [-0.05, 0) is 0 Å². The largest absolute Gasteiger partial charge is 0.359 e. The maximum atomic E-state index is 9.02. The lowest BCUT2D eigenvalue weighted by atomic mass is 10.2. The number of benzene rings is 1. The molecule has 0 aromatic heterocycles. The summed E-state index contributed by atoms with van der Waals surface area (Å²) in [6.45, 7) is 0. The Morgan fingerprint density at radius 2 is 1.60 bits per heavy atom. The summed E-state index contributed by atoms with van der Waals surface area (Å²) in [5, 5.41) is 9.02. The van der Waals surface area contributed by atoms with Gasteiger partial charge in [-0.2, -0.15) is 0 Å². The minimum absolute atomic E-state index is 0.485. The van der Waals surface area contributed by atoms with Crippen molar-refractivity contribution in [1.29, 1.82) is 0 Å². The second kappa shape index (κ2) is 2.79. The Balaban J connectivity index is 2.97. The molecule has 0 aliphatic heterocycles. The molecule has 0 radical (unpaired) electrons. The van der Waals surface area contributed by atoms with Crippen molar-refractivity contribution in [2.45, 2.75) is 4.52 Å². The van der Waals surface area contributed by atoms with E-state index in [9.17, 15) is 0 Å². The van der Waals surface area contributed by atoms with E-state index in [4.69, 9.17) is 28.3 Å². The molecule has 0 aliphatic rings. The first-order chi connectivity index (χ1) is 4.61. The second-order valence-corrected chi connectivity index (χ2v) is 3.19. The summed E-state index contributed by atoms with van der Waals surface area (Å²) in [6.07, 6.45) is 0. The van der Waals surface area contributed by atoms with Crippen molar-refractivity contribution >= 4 is 23.2 Å². The average molecular weight is 177 g/mol. The summed E-state index contributed by atoms with van der Waals surface area (Å²) in [4.78, 5) is 0. The van der Waals surface area contributed by atoms with Gasteiger partial charge in [-0.1, -0.05) is 53.5 Å². The molecule has 0 unspecified atom stereocenters. The van der Waals surface area contributed by atoms with Gasteiger partial charge in [0.15, 0.2) is 0 Å². The highest BCUT2D eigenvalue weighted by atomic mass is 35.5. The van der Waals surface area contributed by atoms with Crippen LogP contribution in [0.1, 0.15) is 5.56 Å².